The van der Waals surface area contributed by atoms with E-state index in [1.54, 1.807) is 24.3 Å². The molecule has 0 bridgehead atoms. The van der Waals surface area contributed by atoms with Crippen molar-refractivity contribution in [3.05, 3.63) is 54.0 Å². The lowest BCUT2D eigenvalue weighted by molar-refractivity contribution is -0.142. The molecule has 1 heterocycles. The normalized spacial score (nSPS) is 17.1. The Morgan fingerprint density at radius 3 is 2.14 bits per heavy atom. The van der Waals surface area contributed by atoms with Crippen molar-refractivity contribution >= 4 is 39.5 Å². The van der Waals surface area contributed by atoms with E-state index in [-0.39, 0.29) is 12.8 Å². The molecule has 1 N–H and O–H groups in total. The molecule has 0 spiro atoms. The Labute approximate surface area is 136 Å². The maximum absolute atomic E-state index is 12.9. The van der Waals surface area contributed by atoms with Gasteiger partial charge in [-0.3, -0.25) is 14.9 Å². The van der Waals surface area contributed by atoms with Gasteiger partial charge in [0.05, 0.1) is 5.69 Å². The first kappa shape index (κ1) is 16.2. The maximum Gasteiger partial charge on any atom is 0.335 e. The highest BCUT2D eigenvalue weighted by molar-refractivity contribution is 9.10. The number of carbonyl (C=O) groups excluding carboxylic acids is 3. The summed E-state index contributed by atoms with van der Waals surface area (Å²) in [5.74, 6) is -1.18. The van der Waals surface area contributed by atoms with Gasteiger partial charge in [-0.1, -0.05) is 28.1 Å². The molecule has 4 amide bonds. The van der Waals surface area contributed by atoms with Gasteiger partial charge < -0.3 is 0 Å². The fraction of sp³-hybridized carbons (Fsp3) is 0.188. The summed E-state index contributed by atoms with van der Waals surface area (Å²) in [5.41, 5.74) is -0.986. The number of barbiturate groups is 1. The Balaban J connectivity index is 2.50. The van der Waals surface area contributed by atoms with E-state index in [2.05, 4.69) is 34.4 Å². The van der Waals surface area contributed by atoms with E-state index in [0.29, 0.717) is 5.69 Å². The zero-order valence-electron chi connectivity index (χ0n) is 11.8. The van der Waals surface area contributed by atoms with Crippen molar-refractivity contribution in [2.75, 3.05) is 4.90 Å². The molecule has 1 aliphatic heterocycles. The number of amides is 4. The maximum atomic E-state index is 12.9. The highest BCUT2D eigenvalue weighted by Crippen LogP contribution is 2.36. The van der Waals surface area contributed by atoms with Crippen LogP contribution in [0.5, 0.6) is 0 Å². The van der Waals surface area contributed by atoms with Gasteiger partial charge in [0, 0.05) is 4.47 Å². The van der Waals surface area contributed by atoms with E-state index < -0.39 is 23.3 Å². The number of hydrogen-bond donors (Lipinski definition) is 1. The predicted molar refractivity (Wildman–Crippen MR) is 87.2 cm³/mol. The molecule has 2 rings (SSSR count). The van der Waals surface area contributed by atoms with Crippen molar-refractivity contribution in [1.82, 2.24) is 5.32 Å². The third kappa shape index (κ3) is 2.62. The molecule has 0 unspecified atom stereocenters. The van der Waals surface area contributed by atoms with Crippen LogP contribution in [0.2, 0.25) is 0 Å². The van der Waals surface area contributed by atoms with Gasteiger partial charge in [0.2, 0.25) is 5.91 Å². The average Bonchev–Trinajstić information content (AvgIpc) is 2.47. The predicted octanol–water partition coefficient (Wildman–Crippen LogP) is 3.17. The summed E-state index contributed by atoms with van der Waals surface area (Å²) in [7, 11) is 0. The Bertz CT molecular complexity index is 642. The minimum atomic E-state index is -1.38. The number of anilines is 1. The van der Waals surface area contributed by atoms with Gasteiger partial charge in [-0.25, -0.2) is 9.69 Å². The molecule has 114 valence electrons. The molecular formula is C16H15BrN2O3. The quantitative estimate of drug-likeness (QED) is 0.646. The van der Waals surface area contributed by atoms with Crippen molar-refractivity contribution in [3.63, 3.8) is 0 Å². The lowest BCUT2D eigenvalue weighted by atomic mass is 9.77. The number of imide groups is 2. The molecule has 0 saturated carbocycles. The summed E-state index contributed by atoms with van der Waals surface area (Å²) >= 11 is 3.30. The number of benzene rings is 1. The molecule has 1 saturated heterocycles. The van der Waals surface area contributed by atoms with Crippen LogP contribution in [0.25, 0.3) is 0 Å². The number of carbonyl (C=O) groups is 3. The van der Waals surface area contributed by atoms with Crippen LogP contribution in [0.3, 0.4) is 0 Å². The van der Waals surface area contributed by atoms with Crippen LogP contribution >= 0.6 is 15.9 Å². The number of hydrogen-bond acceptors (Lipinski definition) is 3. The Hall–Kier alpha value is -2.21. The van der Waals surface area contributed by atoms with Gasteiger partial charge in [0.15, 0.2) is 0 Å². The van der Waals surface area contributed by atoms with Crippen LogP contribution in [0.4, 0.5) is 10.5 Å². The first-order valence-corrected chi connectivity index (χ1v) is 7.43. The van der Waals surface area contributed by atoms with Crippen LogP contribution in [0, 0.1) is 5.41 Å². The van der Waals surface area contributed by atoms with Crippen LogP contribution in [-0.4, -0.2) is 17.8 Å². The van der Waals surface area contributed by atoms with Crippen molar-refractivity contribution in [2.24, 2.45) is 5.41 Å². The number of halogens is 1. The van der Waals surface area contributed by atoms with E-state index in [1.807, 2.05) is 0 Å². The van der Waals surface area contributed by atoms with Gasteiger partial charge in [-0.15, -0.1) is 13.2 Å². The lowest BCUT2D eigenvalue weighted by Gasteiger charge is -2.38. The lowest BCUT2D eigenvalue weighted by Crippen LogP contribution is -2.64. The smallest absolute Gasteiger partial charge is 0.276 e. The fourth-order valence-electron chi connectivity index (χ4n) is 2.44. The third-order valence-corrected chi connectivity index (χ3v) is 4.07. The van der Waals surface area contributed by atoms with Crippen LogP contribution in [-0.2, 0) is 9.59 Å². The summed E-state index contributed by atoms with van der Waals surface area (Å²) in [6.07, 6.45) is 3.25. The van der Waals surface area contributed by atoms with E-state index in [0.717, 1.165) is 9.37 Å². The summed E-state index contributed by atoms with van der Waals surface area (Å²) in [4.78, 5) is 38.2. The molecule has 1 aliphatic rings. The first-order chi connectivity index (χ1) is 10.5. The highest BCUT2D eigenvalue weighted by atomic mass is 79.9. The van der Waals surface area contributed by atoms with Crippen molar-refractivity contribution in [3.8, 4) is 0 Å². The van der Waals surface area contributed by atoms with E-state index >= 15 is 0 Å². The monoisotopic (exact) mass is 362 g/mol. The van der Waals surface area contributed by atoms with Gasteiger partial charge >= 0.3 is 6.03 Å². The van der Waals surface area contributed by atoms with Crippen molar-refractivity contribution in [1.29, 1.82) is 0 Å². The average molecular weight is 363 g/mol. The number of rotatable bonds is 5. The Morgan fingerprint density at radius 2 is 1.64 bits per heavy atom. The number of urea groups is 1. The molecule has 0 aromatic heterocycles. The zero-order valence-corrected chi connectivity index (χ0v) is 13.4. The topological polar surface area (TPSA) is 66.5 Å². The van der Waals surface area contributed by atoms with E-state index in [4.69, 9.17) is 0 Å². The van der Waals surface area contributed by atoms with Crippen LogP contribution < -0.4 is 10.2 Å². The SMILES string of the molecule is C=CCC1(CC=C)C(=O)NC(=O)N(c2ccc(Br)cc2)C1=O. The number of nitrogens with one attached hydrogen (secondary N) is 1. The molecule has 0 radical (unpaired) electrons. The summed E-state index contributed by atoms with van der Waals surface area (Å²) < 4.78 is 0.820. The van der Waals surface area contributed by atoms with Gasteiger partial charge in [0.1, 0.15) is 5.41 Å². The fourth-order valence-corrected chi connectivity index (χ4v) is 2.70. The van der Waals surface area contributed by atoms with Crippen molar-refractivity contribution < 1.29 is 14.4 Å². The largest absolute Gasteiger partial charge is 0.335 e. The van der Waals surface area contributed by atoms with Crippen LogP contribution in [0.1, 0.15) is 12.8 Å². The molecule has 5 nitrogen and oxygen atoms in total. The third-order valence-electron chi connectivity index (χ3n) is 3.54. The van der Waals surface area contributed by atoms with E-state index in [9.17, 15) is 14.4 Å². The van der Waals surface area contributed by atoms with E-state index in [1.165, 1.54) is 12.2 Å². The second-order valence-electron chi connectivity index (χ2n) is 4.94. The van der Waals surface area contributed by atoms with Gasteiger partial charge in [0.25, 0.3) is 5.91 Å². The minimum Gasteiger partial charge on any atom is -0.276 e. The Morgan fingerprint density at radius 1 is 1.09 bits per heavy atom. The first-order valence-electron chi connectivity index (χ1n) is 6.63. The van der Waals surface area contributed by atoms with Gasteiger partial charge in [-0.2, -0.15) is 0 Å². The zero-order chi connectivity index (χ0) is 16.3. The number of allylic oxidation sites excluding steroid dienone is 2. The molecule has 22 heavy (non-hydrogen) atoms. The molecular weight excluding hydrogens is 348 g/mol. The summed E-state index contributed by atoms with van der Waals surface area (Å²) in [6.45, 7) is 7.21. The summed E-state index contributed by atoms with van der Waals surface area (Å²) in [6, 6.07) is 5.94. The second-order valence-corrected chi connectivity index (χ2v) is 5.86. The summed E-state index contributed by atoms with van der Waals surface area (Å²) in [5, 5.41) is 2.25. The standard InChI is InChI=1S/C16H15BrN2O3/c1-3-9-16(10-4-2)13(20)18-15(22)19(14(16)21)12-7-5-11(17)6-8-12/h3-8H,1-2,9-10H2,(H,18,20,22). The highest BCUT2D eigenvalue weighted by Gasteiger charge is 2.52. The molecule has 0 aliphatic carbocycles. The number of nitrogens with zero attached hydrogens (tertiary/aromatic N) is 1. The minimum absolute atomic E-state index is 0.129. The molecule has 1 fully saturated rings. The molecule has 6 heteroatoms. The molecule has 1 aromatic carbocycles. The van der Waals surface area contributed by atoms with Gasteiger partial charge in [-0.05, 0) is 37.1 Å². The Kier molecular flexibility index (Phi) is 4.61. The van der Waals surface area contributed by atoms with Crippen molar-refractivity contribution in [2.45, 2.75) is 12.8 Å². The van der Waals surface area contributed by atoms with Crippen LogP contribution in [0.15, 0.2) is 54.0 Å². The molecule has 0 atom stereocenters. The molecule has 1 aromatic rings. The second kappa shape index (κ2) is 6.27.